The van der Waals surface area contributed by atoms with Crippen molar-refractivity contribution in [3.63, 3.8) is 0 Å². The van der Waals surface area contributed by atoms with E-state index in [0.29, 0.717) is 25.3 Å². The zero-order valence-corrected chi connectivity index (χ0v) is 14.5. The molecule has 1 N–H and O–H groups in total. The largest absolute Gasteiger partial charge is 0.455 e. The quantitative estimate of drug-likeness (QED) is 0.904. The van der Waals surface area contributed by atoms with E-state index in [1.807, 2.05) is 38.0 Å². The Hall–Kier alpha value is -1.43. The van der Waals surface area contributed by atoms with Crippen LogP contribution in [0.4, 0.5) is 0 Å². The van der Waals surface area contributed by atoms with E-state index in [2.05, 4.69) is 5.32 Å². The average Bonchev–Trinajstić information content (AvgIpc) is 3.02. The lowest BCUT2D eigenvalue weighted by Gasteiger charge is -2.32. The number of likely N-dealkylation sites (tertiary alicyclic amines) is 1. The monoisotopic (exact) mass is 324 g/mol. The molecule has 6 heteroatoms. The van der Waals surface area contributed by atoms with Gasteiger partial charge in [-0.25, -0.2) is 0 Å². The number of nitrogens with zero attached hydrogens (tertiary/aromatic N) is 1. The van der Waals surface area contributed by atoms with E-state index in [9.17, 15) is 9.59 Å². The molecular weight excluding hydrogens is 300 g/mol. The Morgan fingerprint density at radius 3 is 2.77 bits per heavy atom. The molecule has 2 rings (SSSR count). The highest BCUT2D eigenvalue weighted by Crippen LogP contribution is 2.25. The zero-order valence-electron chi connectivity index (χ0n) is 13.6. The Balaban J connectivity index is 1.85. The fourth-order valence-corrected chi connectivity index (χ4v) is 3.05. The van der Waals surface area contributed by atoms with Crippen molar-refractivity contribution in [2.24, 2.45) is 5.92 Å². The number of hydrogen-bond donors (Lipinski definition) is 1. The molecule has 22 heavy (non-hydrogen) atoms. The summed E-state index contributed by atoms with van der Waals surface area (Å²) >= 11 is 1.65. The number of furan rings is 1. The first-order chi connectivity index (χ1) is 10.3. The van der Waals surface area contributed by atoms with Crippen LogP contribution in [0.15, 0.2) is 16.5 Å². The van der Waals surface area contributed by atoms with E-state index in [-0.39, 0.29) is 23.3 Å². The average molecular weight is 324 g/mol. The van der Waals surface area contributed by atoms with Gasteiger partial charge in [-0.3, -0.25) is 9.59 Å². The van der Waals surface area contributed by atoms with Crippen LogP contribution in [0.5, 0.6) is 0 Å². The second-order valence-corrected chi connectivity index (χ2v) is 7.52. The van der Waals surface area contributed by atoms with Gasteiger partial charge in [0.15, 0.2) is 5.76 Å². The molecule has 5 nitrogen and oxygen atoms in total. The molecule has 0 radical (unpaired) electrons. The topological polar surface area (TPSA) is 62.6 Å². The number of amides is 2. The minimum absolute atomic E-state index is 0.159. The minimum Gasteiger partial charge on any atom is -0.455 e. The van der Waals surface area contributed by atoms with Crippen molar-refractivity contribution < 1.29 is 14.0 Å². The highest BCUT2D eigenvalue weighted by Gasteiger charge is 2.36. The molecule has 1 fully saturated rings. The van der Waals surface area contributed by atoms with Crippen molar-refractivity contribution in [2.75, 3.05) is 19.3 Å². The maximum Gasteiger partial charge on any atom is 0.287 e. The Morgan fingerprint density at radius 2 is 2.18 bits per heavy atom. The molecule has 0 aromatic carbocycles. The predicted molar refractivity (Wildman–Crippen MR) is 87.8 cm³/mol. The zero-order chi connectivity index (χ0) is 16.3. The van der Waals surface area contributed by atoms with Crippen LogP contribution in [0.2, 0.25) is 0 Å². The van der Waals surface area contributed by atoms with Crippen LogP contribution in [0.25, 0.3) is 0 Å². The second-order valence-electron chi connectivity index (χ2n) is 6.65. The first-order valence-electron chi connectivity index (χ1n) is 7.47. The molecule has 2 heterocycles. The maximum atomic E-state index is 12.1. The summed E-state index contributed by atoms with van der Waals surface area (Å²) < 4.78 is 5.49. The Morgan fingerprint density at radius 1 is 1.45 bits per heavy atom. The third-order valence-corrected chi connectivity index (χ3v) is 4.31. The molecule has 0 aliphatic carbocycles. The summed E-state index contributed by atoms with van der Waals surface area (Å²) in [4.78, 5) is 26.0. The van der Waals surface area contributed by atoms with Crippen molar-refractivity contribution in [2.45, 2.75) is 38.5 Å². The molecule has 0 bridgehead atoms. The van der Waals surface area contributed by atoms with Crippen LogP contribution in [0, 0.1) is 5.92 Å². The number of thioether (sulfide) groups is 1. The molecule has 1 atom stereocenters. The molecule has 1 aromatic rings. The maximum absolute atomic E-state index is 12.1. The highest BCUT2D eigenvalue weighted by molar-refractivity contribution is 7.97. The normalized spacial score (nSPS) is 18.8. The molecule has 0 saturated carbocycles. The molecule has 0 spiro atoms. The number of hydrogen-bond acceptors (Lipinski definition) is 4. The number of nitrogens with one attached hydrogen (secondary N) is 1. The van der Waals surface area contributed by atoms with Crippen LogP contribution < -0.4 is 5.32 Å². The van der Waals surface area contributed by atoms with Crippen molar-refractivity contribution in [1.29, 1.82) is 0 Å². The Kier molecular flexibility index (Phi) is 5.21. The smallest absolute Gasteiger partial charge is 0.287 e. The fraction of sp³-hybridized carbons (Fsp3) is 0.625. The number of rotatable bonds is 5. The molecular formula is C16H24N2O3S. The Labute approximate surface area is 135 Å². The van der Waals surface area contributed by atoms with Crippen LogP contribution in [0.1, 0.15) is 43.5 Å². The molecule has 122 valence electrons. The fourth-order valence-electron chi connectivity index (χ4n) is 2.61. The van der Waals surface area contributed by atoms with Gasteiger partial charge in [0.1, 0.15) is 5.76 Å². The second kappa shape index (κ2) is 6.77. The van der Waals surface area contributed by atoms with Gasteiger partial charge in [-0.2, -0.15) is 11.8 Å². The first-order valence-corrected chi connectivity index (χ1v) is 8.87. The lowest BCUT2D eigenvalue weighted by Crippen LogP contribution is -2.42. The summed E-state index contributed by atoms with van der Waals surface area (Å²) in [6.45, 7) is 7.28. The van der Waals surface area contributed by atoms with Crippen LogP contribution >= 0.6 is 11.8 Å². The molecule has 2 amide bonds. The molecule has 1 aliphatic heterocycles. The summed E-state index contributed by atoms with van der Waals surface area (Å²) in [5.41, 5.74) is -0.163. The van der Waals surface area contributed by atoms with Crippen molar-refractivity contribution >= 4 is 23.6 Å². The molecule has 1 aliphatic rings. The van der Waals surface area contributed by atoms with Gasteiger partial charge in [0.05, 0.1) is 5.75 Å². The number of carbonyl (C=O) groups excluding carboxylic acids is 2. The Bertz CT molecular complexity index is 548. The van der Waals surface area contributed by atoms with Gasteiger partial charge >= 0.3 is 0 Å². The van der Waals surface area contributed by atoms with Gasteiger partial charge in [0, 0.05) is 31.0 Å². The van der Waals surface area contributed by atoms with Crippen LogP contribution in [-0.4, -0.2) is 41.6 Å². The molecule has 1 aromatic heterocycles. The summed E-state index contributed by atoms with van der Waals surface area (Å²) in [6, 6.07) is 3.52. The lowest BCUT2D eigenvalue weighted by molar-refractivity contribution is -0.131. The highest BCUT2D eigenvalue weighted by atomic mass is 32.2. The van der Waals surface area contributed by atoms with Crippen LogP contribution in [0.3, 0.4) is 0 Å². The SMILES string of the molecule is CSCc1ccc(C(=O)NC[C@H]2CC(=O)N(C(C)(C)C)C2)o1. The first kappa shape index (κ1) is 16.9. The van der Waals surface area contributed by atoms with Gasteiger partial charge in [-0.05, 0) is 39.2 Å². The van der Waals surface area contributed by atoms with E-state index in [1.165, 1.54) is 0 Å². The van der Waals surface area contributed by atoms with E-state index >= 15 is 0 Å². The van der Waals surface area contributed by atoms with Crippen molar-refractivity contribution in [3.8, 4) is 0 Å². The van der Waals surface area contributed by atoms with E-state index in [0.717, 1.165) is 11.5 Å². The molecule has 0 unspecified atom stereocenters. The van der Waals surface area contributed by atoms with Crippen molar-refractivity contribution in [3.05, 3.63) is 23.7 Å². The van der Waals surface area contributed by atoms with Gasteiger partial charge in [-0.15, -0.1) is 0 Å². The van der Waals surface area contributed by atoms with E-state index in [4.69, 9.17) is 4.42 Å². The summed E-state index contributed by atoms with van der Waals surface area (Å²) in [6.07, 6.45) is 2.48. The van der Waals surface area contributed by atoms with Crippen LogP contribution in [-0.2, 0) is 10.5 Å². The predicted octanol–water partition coefficient (Wildman–Crippen LogP) is 2.52. The van der Waals surface area contributed by atoms with E-state index in [1.54, 1.807) is 17.8 Å². The van der Waals surface area contributed by atoms with Gasteiger partial charge < -0.3 is 14.6 Å². The standard InChI is InChI=1S/C16H24N2O3S/c1-16(2,3)18-9-11(7-14(18)19)8-17-15(20)13-6-5-12(21-13)10-22-4/h5-6,11H,7-10H2,1-4H3,(H,17,20)/t11-/m1/s1. The third-order valence-electron chi connectivity index (χ3n) is 3.74. The number of carbonyl (C=O) groups is 2. The molecule has 1 saturated heterocycles. The van der Waals surface area contributed by atoms with Gasteiger partial charge in [-0.1, -0.05) is 0 Å². The summed E-state index contributed by atoms with van der Waals surface area (Å²) in [7, 11) is 0. The van der Waals surface area contributed by atoms with Gasteiger partial charge in [0.25, 0.3) is 5.91 Å². The van der Waals surface area contributed by atoms with E-state index < -0.39 is 0 Å². The summed E-state index contributed by atoms with van der Waals surface area (Å²) in [5, 5.41) is 2.87. The minimum atomic E-state index is -0.214. The van der Waals surface area contributed by atoms with Crippen molar-refractivity contribution in [1.82, 2.24) is 10.2 Å². The third kappa shape index (κ3) is 4.06. The van der Waals surface area contributed by atoms with Gasteiger partial charge in [0.2, 0.25) is 5.91 Å². The lowest BCUT2D eigenvalue weighted by atomic mass is 10.1. The summed E-state index contributed by atoms with van der Waals surface area (Å²) in [5.74, 6) is 2.00.